The van der Waals surface area contributed by atoms with E-state index in [1.54, 1.807) is 7.11 Å². The summed E-state index contributed by atoms with van der Waals surface area (Å²) in [5.74, 6) is 2.33. The van der Waals surface area contributed by atoms with Gasteiger partial charge in [-0.25, -0.2) is 0 Å². The number of halogens is 1. The Labute approximate surface area is 157 Å². The largest absolute Gasteiger partial charge is 0.497 e. The van der Waals surface area contributed by atoms with Crippen molar-refractivity contribution < 1.29 is 14.3 Å². The third-order valence-corrected chi connectivity index (χ3v) is 4.47. The number of carbonyl (C=O) groups excluding carboxylic acids is 1. The van der Waals surface area contributed by atoms with Gasteiger partial charge >= 0.3 is 0 Å². The highest BCUT2D eigenvalue weighted by Gasteiger charge is 2.22. The van der Waals surface area contributed by atoms with Crippen LogP contribution in [0.5, 0.6) is 11.5 Å². The quantitative estimate of drug-likeness (QED) is 0.764. The van der Waals surface area contributed by atoms with Gasteiger partial charge in [-0.05, 0) is 63.7 Å². The molecule has 0 radical (unpaired) electrons. The number of carbonyl (C=O) groups is 1. The van der Waals surface area contributed by atoms with Crippen molar-refractivity contribution in [3.63, 3.8) is 0 Å². The second-order valence-electron chi connectivity index (χ2n) is 6.86. The average molecular weight is 371 g/mol. The Morgan fingerprint density at radius 1 is 1.36 bits per heavy atom. The van der Waals surface area contributed by atoms with Crippen LogP contribution in [0, 0.1) is 11.8 Å². The Morgan fingerprint density at radius 2 is 2.12 bits per heavy atom. The minimum Gasteiger partial charge on any atom is -0.497 e. The van der Waals surface area contributed by atoms with E-state index in [2.05, 4.69) is 17.6 Å². The molecule has 0 spiro atoms. The monoisotopic (exact) mass is 370 g/mol. The first-order chi connectivity index (χ1) is 11.5. The Bertz CT molecular complexity index is 545. The third kappa shape index (κ3) is 6.75. The number of ether oxygens (including phenoxy) is 2. The summed E-state index contributed by atoms with van der Waals surface area (Å²) in [6.07, 6.45) is 2.95. The molecule has 1 amide bonds. The highest BCUT2D eigenvalue weighted by Crippen LogP contribution is 2.31. The highest BCUT2D eigenvalue weighted by molar-refractivity contribution is 5.92. The molecule has 1 aromatic rings. The molecule has 25 heavy (non-hydrogen) atoms. The molecular weight excluding hydrogens is 340 g/mol. The predicted molar refractivity (Wildman–Crippen MR) is 104 cm³/mol. The number of rotatable bonds is 7. The first-order valence-corrected chi connectivity index (χ1v) is 8.85. The van der Waals surface area contributed by atoms with Crippen LogP contribution in [0.15, 0.2) is 18.2 Å². The Balaban J connectivity index is 0.00000312. The van der Waals surface area contributed by atoms with E-state index in [0.717, 1.165) is 13.1 Å². The number of benzene rings is 1. The van der Waals surface area contributed by atoms with Crippen molar-refractivity contribution in [1.82, 2.24) is 5.32 Å². The number of piperidine rings is 1. The molecule has 0 saturated carbocycles. The Morgan fingerprint density at radius 3 is 2.72 bits per heavy atom. The Kier molecular flexibility index (Phi) is 9.08. The zero-order chi connectivity index (χ0) is 17.5. The van der Waals surface area contributed by atoms with Gasteiger partial charge in [-0.1, -0.05) is 6.92 Å². The molecule has 0 bridgehead atoms. The van der Waals surface area contributed by atoms with E-state index in [0.29, 0.717) is 35.4 Å². The fraction of sp³-hybridized carbons (Fsp3) is 0.632. The molecule has 2 atom stereocenters. The van der Waals surface area contributed by atoms with Crippen molar-refractivity contribution >= 4 is 24.0 Å². The van der Waals surface area contributed by atoms with Gasteiger partial charge in [0.1, 0.15) is 11.5 Å². The summed E-state index contributed by atoms with van der Waals surface area (Å²) in [5, 5.41) is 6.41. The molecule has 5 nitrogen and oxygen atoms in total. The van der Waals surface area contributed by atoms with Gasteiger partial charge in [0, 0.05) is 12.5 Å². The lowest BCUT2D eigenvalue weighted by atomic mass is 9.85. The fourth-order valence-corrected chi connectivity index (χ4v) is 3.12. The molecule has 1 heterocycles. The highest BCUT2D eigenvalue weighted by atomic mass is 35.5. The van der Waals surface area contributed by atoms with E-state index in [9.17, 15) is 4.79 Å². The molecule has 142 valence electrons. The molecule has 1 aliphatic heterocycles. The molecule has 1 saturated heterocycles. The van der Waals surface area contributed by atoms with Crippen molar-refractivity contribution in [3.05, 3.63) is 18.2 Å². The molecule has 6 heteroatoms. The zero-order valence-corrected chi connectivity index (χ0v) is 16.4. The van der Waals surface area contributed by atoms with Crippen LogP contribution in [0.25, 0.3) is 0 Å². The van der Waals surface area contributed by atoms with Crippen LogP contribution in [-0.4, -0.2) is 32.2 Å². The van der Waals surface area contributed by atoms with E-state index < -0.39 is 0 Å². The second kappa shape index (κ2) is 10.5. The summed E-state index contributed by atoms with van der Waals surface area (Å²) < 4.78 is 11.0. The first kappa shape index (κ1) is 21.6. The fourth-order valence-electron chi connectivity index (χ4n) is 3.12. The predicted octanol–water partition coefficient (Wildman–Crippen LogP) is 3.87. The van der Waals surface area contributed by atoms with Gasteiger partial charge in [-0.2, -0.15) is 0 Å². The number of hydrogen-bond acceptors (Lipinski definition) is 4. The minimum absolute atomic E-state index is 0. The van der Waals surface area contributed by atoms with Crippen LogP contribution in [-0.2, 0) is 4.79 Å². The summed E-state index contributed by atoms with van der Waals surface area (Å²) in [4.78, 5) is 12.5. The zero-order valence-electron chi connectivity index (χ0n) is 15.6. The Hall–Kier alpha value is -1.46. The van der Waals surface area contributed by atoms with E-state index >= 15 is 0 Å². The van der Waals surface area contributed by atoms with Crippen molar-refractivity contribution in [2.75, 3.05) is 25.5 Å². The number of nitrogens with one attached hydrogen (secondary N) is 2. The summed E-state index contributed by atoms with van der Waals surface area (Å²) in [6.45, 7) is 8.20. The lowest BCUT2D eigenvalue weighted by Crippen LogP contribution is -2.34. The van der Waals surface area contributed by atoms with E-state index in [-0.39, 0.29) is 24.4 Å². The summed E-state index contributed by atoms with van der Waals surface area (Å²) in [6, 6.07) is 5.48. The molecular formula is C19H31ClN2O3. The molecule has 2 unspecified atom stereocenters. The molecule has 1 aliphatic rings. The molecule has 2 rings (SSSR count). The number of anilines is 1. The second-order valence-corrected chi connectivity index (χ2v) is 6.86. The molecule has 0 aliphatic carbocycles. The third-order valence-electron chi connectivity index (χ3n) is 4.47. The van der Waals surface area contributed by atoms with Crippen LogP contribution < -0.4 is 20.1 Å². The van der Waals surface area contributed by atoms with Gasteiger partial charge in [0.25, 0.3) is 0 Å². The van der Waals surface area contributed by atoms with Gasteiger partial charge in [0.2, 0.25) is 5.91 Å². The minimum atomic E-state index is 0. The number of hydrogen-bond donors (Lipinski definition) is 2. The normalized spacial score (nSPS) is 18.2. The molecule has 2 N–H and O–H groups in total. The average Bonchev–Trinajstić information content (AvgIpc) is 2.56. The summed E-state index contributed by atoms with van der Waals surface area (Å²) in [7, 11) is 1.61. The molecule has 0 aromatic heterocycles. The molecule has 1 aromatic carbocycles. The van der Waals surface area contributed by atoms with Gasteiger partial charge in [-0.15, -0.1) is 12.4 Å². The van der Waals surface area contributed by atoms with Crippen LogP contribution in [0.3, 0.4) is 0 Å². The lowest BCUT2D eigenvalue weighted by Gasteiger charge is -2.28. The smallest absolute Gasteiger partial charge is 0.224 e. The van der Waals surface area contributed by atoms with Crippen molar-refractivity contribution in [3.8, 4) is 11.5 Å². The van der Waals surface area contributed by atoms with Crippen LogP contribution in [0.4, 0.5) is 5.69 Å². The van der Waals surface area contributed by atoms with E-state index in [1.165, 1.54) is 12.8 Å². The number of methoxy groups -OCH3 is 1. The van der Waals surface area contributed by atoms with Gasteiger partial charge in [0.15, 0.2) is 0 Å². The van der Waals surface area contributed by atoms with Crippen LogP contribution in [0.2, 0.25) is 0 Å². The maximum atomic E-state index is 12.5. The van der Waals surface area contributed by atoms with Gasteiger partial charge < -0.3 is 20.1 Å². The van der Waals surface area contributed by atoms with E-state index in [4.69, 9.17) is 9.47 Å². The van der Waals surface area contributed by atoms with Gasteiger partial charge in [-0.3, -0.25) is 4.79 Å². The van der Waals surface area contributed by atoms with Crippen LogP contribution >= 0.6 is 12.4 Å². The maximum absolute atomic E-state index is 12.5. The lowest BCUT2D eigenvalue weighted by molar-refractivity contribution is -0.117. The van der Waals surface area contributed by atoms with Gasteiger partial charge in [0.05, 0.1) is 18.9 Å². The maximum Gasteiger partial charge on any atom is 0.224 e. The summed E-state index contributed by atoms with van der Waals surface area (Å²) in [5.41, 5.74) is 0.669. The van der Waals surface area contributed by atoms with Crippen molar-refractivity contribution in [2.45, 2.75) is 46.1 Å². The SMILES string of the molecule is COc1ccc(OC(C)C)c(NC(=O)CC(C)C2CCCNC2)c1.Cl. The van der Waals surface area contributed by atoms with Crippen molar-refractivity contribution in [1.29, 1.82) is 0 Å². The standard InChI is InChI=1S/C19H30N2O3.ClH/c1-13(2)24-18-8-7-16(23-4)11-17(18)21-19(22)10-14(3)15-6-5-9-20-12-15;/h7-8,11,13-15,20H,5-6,9-10,12H2,1-4H3,(H,21,22);1H. The first-order valence-electron chi connectivity index (χ1n) is 8.85. The van der Waals surface area contributed by atoms with E-state index in [1.807, 2.05) is 32.0 Å². The topological polar surface area (TPSA) is 59.6 Å². The van der Waals surface area contributed by atoms with Crippen LogP contribution in [0.1, 0.15) is 40.0 Å². The number of amides is 1. The van der Waals surface area contributed by atoms with Crippen molar-refractivity contribution in [2.24, 2.45) is 11.8 Å². The molecule has 1 fully saturated rings. The summed E-state index contributed by atoms with van der Waals surface area (Å²) >= 11 is 0.